The second-order valence-electron chi connectivity index (χ2n) is 4.17. The first-order chi connectivity index (χ1) is 9.11. The predicted molar refractivity (Wildman–Crippen MR) is 76.9 cm³/mol. The van der Waals surface area contributed by atoms with Gasteiger partial charge in [-0.15, -0.1) is 11.3 Å². The molecule has 0 fully saturated rings. The Morgan fingerprint density at radius 1 is 1.26 bits per heavy atom. The number of hydrogen-bond acceptors (Lipinski definition) is 3. The lowest BCUT2D eigenvalue weighted by atomic mass is 10.0. The standard InChI is InChI=1S/C13H13BrF2N2S/c14-11-3-4-12(15)10(13(11)16)7-8(18-17)6-9-2-1-5-19-9/h1-5,8,18H,6-7,17H2. The van der Waals surface area contributed by atoms with Crippen LogP contribution in [-0.2, 0) is 12.8 Å². The molecule has 0 spiro atoms. The molecule has 0 bridgehead atoms. The molecule has 0 radical (unpaired) electrons. The van der Waals surface area contributed by atoms with Gasteiger partial charge in [-0.3, -0.25) is 11.3 Å². The summed E-state index contributed by atoms with van der Waals surface area (Å²) in [5.41, 5.74) is 2.67. The van der Waals surface area contributed by atoms with Crippen LogP contribution in [0, 0.1) is 11.6 Å². The van der Waals surface area contributed by atoms with Gasteiger partial charge in [-0.2, -0.15) is 0 Å². The van der Waals surface area contributed by atoms with Crippen LogP contribution in [0.2, 0.25) is 0 Å². The minimum atomic E-state index is -0.563. The fourth-order valence-corrected chi connectivity index (χ4v) is 3.02. The van der Waals surface area contributed by atoms with Crippen LogP contribution >= 0.6 is 27.3 Å². The minimum absolute atomic E-state index is 0.0499. The van der Waals surface area contributed by atoms with E-state index in [2.05, 4.69) is 21.4 Å². The van der Waals surface area contributed by atoms with Crippen LogP contribution in [0.25, 0.3) is 0 Å². The molecule has 1 unspecified atom stereocenters. The van der Waals surface area contributed by atoms with Gasteiger partial charge in [0.05, 0.1) is 4.47 Å². The summed E-state index contributed by atoms with van der Waals surface area (Å²) in [4.78, 5) is 1.12. The van der Waals surface area contributed by atoms with Crippen molar-refractivity contribution < 1.29 is 8.78 Å². The Morgan fingerprint density at radius 2 is 2.05 bits per heavy atom. The van der Waals surface area contributed by atoms with Crippen LogP contribution in [0.5, 0.6) is 0 Å². The Morgan fingerprint density at radius 3 is 2.68 bits per heavy atom. The largest absolute Gasteiger partial charge is 0.271 e. The van der Waals surface area contributed by atoms with Crippen LogP contribution in [0.4, 0.5) is 8.78 Å². The molecule has 6 heteroatoms. The molecule has 102 valence electrons. The van der Waals surface area contributed by atoms with Gasteiger partial charge in [0.2, 0.25) is 0 Å². The molecule has 0 aliphatic rings. The SMILES string of the molecule is NNC(Cc1cccs1)Cc1c(F)ccc(Br)c1F. The second kappa shape index (κ2) is 6.56. The number of benzene rings is 1. The Bertz CT molecular complexity index is 546. The van der Waals surface area contributed by atoms with Crippen molar-refractivity contribution in [1.82, 2.24) is 5.43 Å². The van der Waals surface area contributed by atoms with Gasteiger partial charge in [-0.05, 0) is 52.4 Å². The van der Waals surface area contributed by atoms with Crippen molar-refractivity contribution in [2.75, 3.05) is 0 Å². The Hall–Kier alpha value is -0.820. The average molecular weight is 347 g/mol. The molecule has 19 heavy (non-hydrogen) atoms. The fraction of sp³-hybridized carbons (Fsp3) is 0.231. The summed E-state index contributed by atoms with van der Waals surface area (Å²) in [5, 5.41) is 1.96. The van der Waals surface area contributed by atoms with Gasteiger partial charge in [0, 0.05) is 16.5 Å². The topological polar surface area (TPSA) is 38.0 Å². The number of nitrogens with two attached hydrogens (primary N) is 1. The van der Waals surface area contributed by atoms with Crippen LogP contribution < -0.4 is 11.3 Å². The summed E-state index contributed by atoms with van der Waals surface area (Å²) in [6, 6.07) is 6.31. The number of nitrogens with one attached hydrogen (secondary N) is 1. The molecule has 0 amide bonds. The summed E-state index contributed by atoms with van der Waals surface area (Å²) in [7, 11) is 0. The maximum atomic E-state index is 13.9. The highest BCUT2D eigenvalue weighted by Gasteiger charge is 2.17. The highest BCUT2D eigenvalue weighted by molar-refractivity contribution is 9.10. The van der Waals surface area contributed by atoms with Crippen molar-refractivity contribution >= 4 is 27.3 Å². The number of hydrogen-bond donors (Lipinski definition) is 2. The van der Waals surface area contributed by atoms with E-state index in [1.165, 1.54) is 12.1 Å². The summed E-state index contributed by atoms with van der Waals surface area (Å²) in [6.45, 7) is 0. The zero-order valence-electron chi connectivity index (χ0n) is 10.00. The van der Waals surface area contributed by atoms with Crippen molar-refractivity contribution in [3.8, 4) is 0 Å². The predicted octanol–water partition coefficient (Wildman–Crippen LogP) is 3.41. The Balaban J connectivity index is 2.16. The summed E-state index contributed by atoms with van der Waals surface area (Å²) in [5.74, 6) is 4.36. The number of halogens is 3. The quantitative estimate of drug-likeness (QED) is 0.494. The third kappa shape index (κ3) is 3.60. The molecule has 0 aliphatic carbocycles. The summed E-state index contributed by atoms with van der Waals surface area (Å²) in [6.07, 6.45) is 0.838. The lowest BCUT2D eigenvalue weighted by Gasteiger charge is -2.16. The zero-order chi connectivity index (χ0) is 13.8. The fourth-order valence-electron chi connectivity index (χ4n) is 1.86. The first-order valence-electron chi connectivity index (χ1n) is 5.72. The monoisotopic (exact) mass is 346 g/mol. The van der Waals surface area contributed by atoms with Crippen molar-refractivity contribution in [3.05, 3.63) is 56.2 Å². The van der Waals surface area contributed by atoms with E-state index in [4.69, 9.17) is 5.84 Å². The van der Waals surface area contributed by atoms with E-state index in [-0.39, 0.29) is 22.5 Å². The number of hydrazine groups is 1. The molecular formula is C13H13BrF2N2S. The molecule has 2 rings (SSSR count). The lowest BCUT2D eigenvalue weighted by molar-refractivity contribution is 0.484. The molecule has 1 aromatic heterocycles. The van der Waals surface area contributed by atoms with Crippen molar-refractivity contribution in [2.24, 2.45) is 5.84 Å². The van der Waals surface area contributed by atoms with Gasteiger partial charge in [0.15, 0.2) is 0 Å². The minimum Gasteiger partial charge on any atom is -0.271 e. The molecule has 2 aromatic rings. The van der Waals surface area contributed by atoms with Crippen LogP contribution in [0.15, 0.2) is 34.1 Å². The molecule has 0 aliphatic heterocycles. The van der Waals surface area contributed by atoms with E-state index in [1.807, 2.05) is 17.5 Å². The maximum Gasteiger partial charge on any atom is 0.143 e. The summed E-state index contributed by atoms with van der Waals surface area (Å²) < 4.78 is 27.8. The highest BCUT2D eigenvalue weighted by Crippen LogP contribution is 2.23. The lowest BCUT2D eigenvalue weighted by Crippen LogP contribution is -2.38. The smallest absolute Gasteiger partial charge is 0.143 e. The van der Waals surface area contributed by atoms with E-state index < -0.39 is 11.6 Å². The van der Waals surface area contributed by atoms with E-state index in [1.54, 1.807) is 11.3 Å². The third-order valence-corrected chi connectivity index (χ3v) is 4.36. The van der Waals surface area contributed by atoms with Crippen LogP contribution in [-0.4, -0.2) is 6.04 Å². The molecule has 1 atom stereocenters. The van der Waals surface area contributed by atoms with Gasteiger partial charge >= 0.3 is 0 Å². The number of thiophene rings is 1. The molecule has 0 saturated heterocycles. The molecular weight excluding hydrogens is 334 g/mol. The molecule has 2 nitrogen and oxygen atoms in total. The van der Waals surface area contributed by atoms with Gasteiger partial charge in [-0.1, -0.05) is 6.07 Å². The summed E-state index contributed by atoms with van der Waals surface area (Å²) >= 11 is 4.66. The van der Waals surface area contributed by atoms with E-state index in [9.17, 15) is 8.78 Å². The third-order valence-electron chi connectivity index (χ3n) is 2.85. The zero-order valence-corrected chi connectivity index (χ0v) is 12.4. The van der Waals surface area contributed by atoms with Gasteiger partial charge in [0.25, 0.3) is 0 Å². The maximum absolute atomic E-state index is 13.9. The van der Waals surface area contributed by atoms with Crippen molar-refractivity contribution in [1.29, 1.82) is 0 Å². The highest BCUT2D eigenvalue weighted by atomic mass is 79.9. The molecule has 3 N–H and O–H groups in total. The molecule has 1 heterocycles. The Kier molecular flexibility index (Phi) is 5.04. The average Bonchev–Trinajstić information content (AvgIpc) is 2.90. The molecule has 0 saturated carbocycles. The Labute approximate surface area is 122 Å². The van der Waals surface area contributed by atoms with Crippen molar-refractivity contribution in [2.45, 2.75) is 18.9 Å². The first kappa shape index (κ1) is 14.6. The van der Waals surface area contributed by atoms with Crippen molar-refractivity contribution in [3.63, 3.8) is 0 Å². The molecule has 1 aromatic carbocycles. The van der Waals surface area contributed by atoms with Crippen LogP contribution in [0.1, 0.15) is 10.4 Å². The van der Waals surface area contributed by atoms with Gasteiger partial charge < -0.3 is 0 Å². The van der Waals surface area contributed by atoms with E-state index >= 15 is 0 Å². The first-order valence-corrected chi connectivity index (χ1v) is 7.40. The van der Waals surface area contributed by atoms with Gasteiger partial charge in [-0.25, -0.2) is 8.78 Å². The normalized spacial score (nSPS) is 12.6. The number of rotatable bonds is 5. The van der Waals surface area contributed by atoms with Crippen LogP contribution in [0.3, 0.4) is 0 Å². The van der Waals surface area contributed by atoms with E-state index in [0.717, 1.165) is 4.88 Å². The van der Waals surface area contributed by atoms with Gasteiger partial charge in [0.1, 0.15) is 11.6 Å². The van der Waals surface area contributed by atoms with E-state index in [0.29, 0.717) is 6.42 Å². The second-order valence-corrected chi connectivity index (χ2v) is 6.06.